The third kappa shape index (κ3) is 2.49. The first kappa shape index (κ1) is 12.2. The molecule has 0 N–H and O–H groups in total. The summed E-state index contributed by atoms with van der Waals surface area (Å²) < 4.78 is 5.47. The van der Waals surface area contributed by atoms with Crippen LogP contribution in [0.25, 0.3) is 0 Å². The van der Waals surface area contributed by atoms with Gasteiger partial charge in [-0.2, -0.15) is 0 Å². The second-order valence-electron chi connectivity index (χ2n) is 4.68. The Balaban J connectivity index is 1.95. The number of hydrogen-bond donors (Lipinski definition) is 0. The van der Waals surface area contributed by atoms with Crippen LogP contribution in [0.4, 0.5) is 0 Å². The summed E-state index contributed by atoms with van der Waals surface area (Å²) >= 11 is 5.89. The van der Waals surface area contributed by atoms with E-state index < -0.39 is 0 Å². The molecule has 2 aromatic carbocycles. The van der Waals surface area contributed by atoms with Crippen LogP contribution < -0.4 is 0 Å². The Morgan fingerprint density at radius 2 is 1.63 bits per heavy atom. The molecule has 0 amide bonds. The highest BCUT2D eigenvalue weighted by atomic mass is 35.5. The maximum absolute atomic E-state index is 11.6. The van der Waals surface area contributed by atoms with Gasteiger partial charge in [-0.3, -0.25) is 4.79 Å². The highest BCUT2D eigenvalue weighted by Crippen LogP contribution is 2.42. The van der Waals surface area contributed by atoms with Gasteiger partial charge >= 0.3 is 5.97 Å². The van der Waals surface area contributed by atoms with Gasteiger partial charge in [0.15, 0.2) is 0 Å². The number of esters is 1. The summed E-state index contributed by atoms with van der Waals surface area (Å²) in [5.41, 5.74) is 2.12. The van der Waals surface area contributed by atoms with Gasteiger partial charge in [0.1, 0.15) is 6.10 Å². The van der Waals surface area contributed by atoms with Crippen molar-refractivity contribution < 1.29 is 9.53 Å². The molecule has 19 heavy (non-hydrogen) atoms. The van der Waals surface area contributed by atoms with E-state index in [0.29, 0.717) is 11.4 Å². The molecule has 3 heteroatoms. The fourth-order valence-electron chi connectivity index (χ4n) is 2.50. The summed E-state index contributed by atoms with van der Waals surface area (Å²) in [5.74, 6) is -0.0660. The number of cyclic esters (lactones) is 1. The average Bonchev–Trinajstić information content (AvgIpc) is 2.83. The second kappa shape index (κ2) is 5.06. The van der Waals surface area contributed by atoms with Crippen LogP contribution in [-0.2, 0) is 9.53 Å². The predicted octanol–water partition coefficient (Wildman–Crippen LogP) is 4.11. The molecule has 0 saturated carbocycles. The van der Waals surface area contributed by atoms with Gasteiger partial charge in [0.25, 0.3) is 0 Å². The zero-order chi connectivity index (χ0) is 13.2. The third-order valence-electron chi connectivity index (χ3n) is 3.44. The number of hydrogen-bond acceptors (Lipinski definition) is 2. The van der Waals surface area contributed by atoms with Crippen molar-refractivity contribution in [2.24, 2.45) is 0 Å². The van der Waals surface area contributed by atoms with E-state index in [2.05, 4.69) is 0 Å². The van der Waals surface area contributed by atoms with Crippen molar-refractivity contribution in [1.29, 1.82) is 0 Å². The molecule has 2 nitrogen and oxygen atoms in total. The highest BCUT2D eigenvalue weighted by molar-refractivity contribution is 6.30. The Hall–Kier alpha value is -1.80. The first-order valence-corrected chi connectivity index (χ1v) is 6.62. The maximum Gasteiger partial charge on any atom is 0.307 e. The molecule has 0 radical (unpaired) electrons. The van der Waals surface area contributed by atoms with Gasteiger partial charge in [0.05, 0.1) is 6.42 Å². The Kier molecular flexibility index (Phi) is 3.26. The van der Waals surface area contributed by atoms with E-state index in [0.717, 1.165) is 11.1 Å². The van der Waals surface area contributed by atoms with E-state index >= 15 is 0 Å². The minimum absolute atomic E-state index is 0.0786. The molecule has 1 aliphatic heterocycles. The number of carbonyl (C=O) groups excluding carboxylic acids is 1. The minimum atomic E-state index is -0.216. The second-order valence-corrected chi connectivity index (χ2v) is 5.12. The highest BCUT2D eigenvalue weighted by Gasteiger charge is 2.36. The van der Waals surface area contributed by atoms with E-state index in [4.69, 9.17) is 16.3 Å². The lowest BCUT2D eigenvalue weighted by Gasteiger charge is -2.18. The number of rotatable bonds is 2. The predicted molar refractivity (Wildman–Crippen MR) is 74.1 cm³/mol. The standard InChI is InChI=1S/C16H13ClO2/c17-13-8-6-12(7-9-13)16-14(10-15(18)19-16)11-4-2-1-3-5-11/h1-9,14,16H,10H2. The smallest absolute Gasteiger partial charge is 0.307 e. The van der Waals surface area contributed by atoms with Crippen molar-refractivity contribution in [1.82, 2.24) is 0 Å². The van der Waals surface area contributed by atoms with Gasteiger partial charge in [0, 0.05) is 10.9 Å². The zero-order valence-electron chi connectivity index (χ0n) is 10.3. The largest absolute Gasteiger partial charge is 0.457 e. The lowest BCUT2D eigenvalue weighted by Crippen LogP contribution is -2.06. The van der Waals surface area contributed by atoms with Gasteiger partial charge in [-0.05, 0) is 23.3 Å². The average molecular weight is 273 g/mol. The van der Waals surface area contributed by atoms with Gasteiger partial charge in [0.2, 0.25) is 0 Å². The third-order valence-corrected chi connectivity index (χ3v) is 3.69. The van der Waals surface area contributed by atoms with Crippen molar-refractivity contribution in [3.8, 4) is 0 Å². The Labute approximate surface area is 117 Å². The maximum atomic E-state index is 11.6. The summed E-state index contributed by atoms with van der Waals surface area (Å²) in [6, 6.07) is 17.5. The molecule has 1 fully saturated rings. The van der Waals surface area contributed by atoms with Crippen LogP contribution in [0.3, 0.4) is 0 Å². The normalized spacial score (nSPS) is 22.3. The monoisotopic (exact) mass is 272 g/mol. The lowest BCUT2D eigenvalue weighted by atomic mass is 9.89. The number of ether oxygens (including phenoxy) is 1. The molecule has 2 unspecified atom stereocenters. The van der Waals surface area contributed by atoms with Crippen LogP contribution >= 0.6 is 11.6 Å². The van der Waals surface area contributed by atoms with E-state index in [-0.39, 0.29) is 18.0 Å². The first-order valence-electron chi connectivity index (χ1n) is 6.24. The minimum Gasteiger partial charge on any atom is -0.457 e. The lowest BCUT2D eigenvalue weighted by molar-refractivity contribution is -0.141. The molecule has 0 bridgehead atoms. The molecule has 1 aliphatic rings. The SMILES string of the molecule is O=C1CC(c2ccccc2)C(c2ccc(Cl)cc2)O1. The Morgan fingerprint density at radius 1 is 0.947 bits per heavy atom. The molecule has 1 saturated heterocycles. The van der Waals surface area contributed by atoms with Gasteiger partial charge in [-0.1, -0.05) is 54.1 Å². The van der Waals surface area contributed by atoms with Crippen LogP contribution in [0, 0.1) is 0 Å². The van der Waals surface area contributed by atoms with Crippen LogP contribution in [0.1, 0.15) is 29.6 Å². The summed E-state index contributed by atoms with van der Waals surface area (Å²) in [4.78, 5) is 11.6. The van der Waals surface area contributed by atoms with Crippen LogP contribution in [-0.4, -0.2) is 5.97 Å². The van der Waals surface area contributed by atoms with Crippen molar-refractivity contribution >= 4 is 17.6 Å². The molecule has 1 heterocycles. The number of benzene rings is 2. The van der Waals surface area contributed by atoms with E-state index in [1.54, 1.807) is 0 Å². The van der Waals surface area contributed by atoms with Crippen molar-refractivity contribution in [2.75, 3.05) is 0 Å². The van der Waals surface area contributed by atoms with Crippen molar-refractivity contribution in [2.45, 2.75) is 18.4 Å². The summed E-state index contributed by atoms with van der Waals surface area (Å²) in [7, 11) is 0. The summed E-state index contributed by atoms with van der Waals surface area (Å²) in [5, 5.41) is 0.685. The van der Waals surface area contributed by atoms with E-state index in [1.807, 2.05) is 54.6 Å². The van der Waals surface area contributed by atoms with E-state index in [9.17, 15) is 4.79 Å². The molecule has 3 rings (SSSR count). The Bertz CT molecular complexity index is 577. The molecule has 2 atom stereocenters. The van der Waals surface area contributed by atoms with Gasteiger partial charge in [-0.25, -0.2) is 0 Å². The van der Waals surface area contributed by atoms with Gasteiger partial charge < -0.3 is 4.74 Å². The first-order chi connectivity index (χ1) is 9.24. The van der Waals surface area contributed by atoms with Crippen LogP contribution in [0.15, 0.2) is 54.6 Å². The molecule has 0 aromatic heterocycles. The molecular formula is C16H13ClO2. The fraction of sp³-hybridized carbons (Fsp3) is 0.188. The van der Waals surface area contributed by atoms with E-state index in [1.165, 1.54) is 0 Å². The topological polar surface area (TPSA) is 26.3 Å². The molecule has 0 spiro atoms. The molecule has 0 aliphatic carbocycles. The Morgan fingerprint density at radius 3 is 2.32 bits per heavy atom. The van der Waals surface area contributed by atoms with Crippen LogP contribution in [0.5, 0.6) is 0 Å². The molecule has 96 valence electrons. The summed E-state index contributed by atoms with van der Waals surface area (Å²) in [6.07, 6.45) is 0.212. The fourth-order valence-corrected chi connectivity index (χ4v) is 2.63. The van der Waals surface area contributed by atoms with Crippen molar-refractivity contribution in [3.63, 3.8) is 0 Å². The van der Waals surface area contributed by atoms with Crippen LogP contribution in [0.2, 0.25) is 5.02 Å². The molecular weight excluding hydrogens is 260 g/mol. The summed E-state index contributed by atoms with van der Waals surface area (Å²) in [6.45, 7) is 0. The zero-order valence-corrected chi connectivity index (χ0v) is 11.0. The quantitative estimate of drug-likeness (QED) is 0.769. The number of halogens is 1. The van der Waals surface area contributed by atoms with Crippen molar-refractivity contribution in [3.05, 3.63) is 70.7 Å². The number of carbonyl (C=O) groups is 1. The molecule has 2 aromatic rings. The van der Waals surface area contributed by atoms with Gasteiger partial charge in [-0.15, -0.1) is 0 Å².